The highest BCUT2D eigenvalue weighted by molar-refractivity contribution is 5.83. The van der Waals surface area contributed by atoms with Crippen molar-refractivity contribution in [2.45, 2.75) is 25.3 Å². The molecule has 0 spiro atoms. The minimum atomic E-state index is -0.115. The summed E-state index contributed by atoms with van der Waals surface area (Å²) in [5.74, 6) is 0.349. The summed E-state index contributed by atoms with van der Waals surface area (Å²) in [7, 11) is 0. The Hall–Kier alpha value is -2.33. The summed E-state index contributed by atoms with van der Waals surface area (Å²) in [6.07, 6.45) is 2.74. The number of aromatic hydroxyl groups is 1. The standard InChI is InChI=1S/C19H22N2O2/c22-17-10-8-16(9-11-17)13-18-19(23)20-14-21(18)12-4-7-15-5-2-1-3-6-15/h1-3,5-6,8-11,18,22H,4,7,12-14H2,(H,20,23)/t18-/m1/s1. The molecule has 2 N–H and O–H groups in total. The minimum Gasteiger partial charge on any atom is -0.508 e. The molecule has 2 aromatic rings. The first-order valence-electron chi connectivity index (χ1n) is 8.06. The number of amides is 1. The molecule has 120 valence electrons. The Labute approximate surface area is 136 Å². The molecule has 1 aliphatic heterocycles. The fourth-order valence-electron chi connectivity index (χ4n) is 3.02. The molecule has 0 radical (unpaired) electrons. The summed E-state index contributed by atoms with van der Waals surface area (Å²) in [6.45, 7) is 1.52. The zero-order valence-corrected chi connectivity index (χ0v) is 13.1. The van der Waals surface area contributed by atoms with Crippen LogP contribution in [-0.2, 0) is 17.6 Å². The molecule has 0 bridgehead atoms. The molecule has 0 unspecified atom stereocenters. The molecule has 23 heavy (non-hydrogen) atoms. The Balaban J connectivity index is 1.55. The first-order valence-corrected chi connectivity index (χ1v) is 8.06. The fraction of sp³-hybridized carbons (Fsp3) is 0.316. The molecule has 2 aromatic carbocycles. The van der Waals surface area contributed by atoms with Gasteiger partial charge in [-0.2, -0.15) is 0 Å². The van der Waals surface area contributed by atoms with E-state index < -0.39 is 0 Å². The lowest BCUT2D eigenvalue weighted by atomic mass is 10.0. The molecule has 3 rings (SSSR count). The Morgan fingerprint density at radius 2 is 1.78 bits per heavy atom. The van der Waals surface area contributed by atoms with Crippen LogP contribution in [0.5, 0.6) is 5.75 Å². The predicted octanol–water partition coefficient (Wildman–Crippen LogP) is 2.33. The van der Waals surface area contributed by atoms with Crippen molar-refractivity contribution in [1.82, 2.24) is 10.2 Å². The maximum Gasteiger partial charge on any atom is 0.238 e. The zero-order valence-electron chi connectivity index (χ0n) is 13.1. The van der Waals surface area contributed by atoms with Crippen molar-refractivity contribution in [1.29, 1.82) is 0 Å². The Morgan fingerprint density at radius 3 is 2.52 bits per heavy atom. The summed E-state index contributed by atoms with van der Waals surface area (Å²) < 4.78 is 0. The molecule has 0 aliphatic carbocycles. The second-order valence-corrected chi connectivity index (χ2v) is 5.99. The first kappa shape index (κ1) is 15.6. The maximum absolute atomic E-state index is 12.1. The van der Waals surface area contributed by atoms with Gasteiger partial charge in [0.25, 0.3) is 0 Å². The number of phenols is 1. The van der Waals surface area contributed by atoms with E-state index in [2.05, 4.69) is 34.5 Å². The largest absolute Gasteiger partial charge is 0.508 e. The average molecular weight is 310 g/mol. The van der Waals surface area contributed by atoms with Crippen LogP contribution in [0.1, 0.15) is 17.5 Å². The molecule has 1 aliphatic rings. The fourth-order valence-corrected chi connectivity index (χ4v) is 3.02. The van der Waals surface area contributed by atoms with Gasteiger partial charge in [0.2, 0.25) is 5.91 Å². The van der Waals surface area contributed by atoms with Gasteiger partial charge < -0.3 is 10.4 Å². The summed E-state index contributed by atoms with van der Waals surface area (Å²) in [5, 5.41) is 12.3. The molecule has 4 nitrogen and oxygen atoms in total. The SMILES string of the molecule is O=C1NCN(CCCc2ccccc2)[C@@H]1Cc1ccc(O)cc1. The molecule has 1 heterocycles. The smallest absolute Gasteiger partial charge is 0.238 e. The van der Waals surface area contributed by atoms with Crippen molar-refractivity contribution in [3.05, 3.63) is 65.7 Å². The highest BCUT2D eigenvalue weighted by Gasteiger charge is 2.31. The van der Waals surface area contributed by atoms with E-state index in [0.717, 1.165) is 24.9 Å². The number of aryl methyl sites for hydroxylation is 1. The van der Waals surface area contributed by atoms with Crippen molar-refractivity contribution >= 4 is 5.91 Å². The van der Waals surface area contributed by atoms with Crippen molar-refractivity contribution in [3.63, 3.8) is 0 Å². The number of benzene rings is 2. The van der Waals surface area contributed by atoms with Crippen LogP contribution in [0, 0.1) is 0 Å². The number of rotatable bonds is 6. The van der Waals surface area contributed by atoms with Gasteiger partial charge in [-0.1, -0.05) is 42.5 Å². The minimum absolute atomic E-state index is 0.0952. The Morgan fingerprint density at radius 1 is 1.04 bits per heavy atom. The van der Waals surface area contributed by atoms with E-state index >= 15 is 0 Å². The summed E-state index contributed by atoms with van der Waals surface area (Å²) in [5.41, 5.74) is 2.40. The quantitative estimate of drug-likeness (QED) is 0.861. The van der Waals surface area contributed by atoms with E-state index in [9.17, 15) is 9.90 Å². The lowest BCUT2D eigenvalue weighted by molar-refractivity contribution is -0.121. The van der Waals surface area contributed by atoms with E-state index in [1.165, 1.54) is 5.56 Å². The van der Waals surface area contributed by atoms with Crippen LogP contribution in [0.3, 0.4) is 0 Å². The van der Waals surface area contributed by atoms with Crippen LogP contribution < -0.4 is 5.32 Å². The van der Waals surface area contributed by atoms with Gasteiger partial charge in [0.15, 0.2) is 0 Å². The van der Waals surface area contributed by atoms with Gasteiger partial charge in [0.05, 0.1) is 12.7 Å². The maximum atomic E-state index is 12.1. The van der Waals surface area contributed by atoms with Gasteiger partial charge in [0.1, 0.15) is 5.75 Å². The van der Waals surface area contributed by atoms with Crippen molar-refractivity contribution in [2.24, 2.45) is 0 Å². The number of hydrogen-bond donors (Lipinski definition) is 2. The molecule has 1 atom stereocenters. The Bertz CT molecular complexity index is 640. The van der Waals surface area contributed by atoms with Crippen molar-refractivity contribution < 1.29 is 9.90 Å². The molecule has 1 amide bonds. The van der Waals surface area contributed by atoms with Gasteiger partial charge in [-0.25, -0.2) is 0 Å². The number of phenolic OH excluding ortho intramolecular Hbond substituents is 1. The third-order valence-corrected chi connectivity index (χ3v) is 4.32. The van der Waals surface area contributed by atoms with Gasteiger partial charge in [-0.15, -0.1) is 0 Å². The molecule has 0 saturated carbocycles. The predicted molar refractivity (Wildman–Crippen MR) is 90.1 cm³/mol. The summed E-state index contributed by atoms with van der Waals surface area (Å²) in [6, 6.07) is 17.4. The van der Waals surface area contributed by atoms with Crippen LogP contribution in [-0.4, -0.2) is 35.2 Å². The molecule has 0 aromatic heterocycles. The van der Waals surface area contributed by atoms with Gasteiger partial charge in [-0.05, 0) is 42.5 Å². The van der Waals surface area contributed by atoms with E-state index in [1.807, 2.05) is 18.2 Å². The third-order valence-electron chi connectivity index (χ3n) is 4.32. The second-order valence-electron chi connectivity index (χ2n) is 5.99. The Kier molecular flexibility index (Phi) is 4.93. The van der Waals surface area contributed by atoms with Gasteiger partial charge >= 0.3 is 0 Å². The number of nitrogens with zero attached hydrogens (tertiary/aromatic N) is 1. The molecule has 1 fully saturated rings. The van der Waals surface area contributed by atoms with E-state index in [0.29, 0.717) is 13.1 Å². The molecular weight excluding hydrogens is 288 g/mol. The van der Waals surface area contributed by atoms with E-state index in [-0.39, 0.29) is 17.7 Å². The van der Waals surface area contributed by atoms with Crippen molar-refractivity contribution in [2.75, 3.05) is 13.2 Å². The first-order chi connectivity index (χ1) is 11.2. The summed E-state index contributed by atoms with van der Waals surface area (Å²) >= 11 is 0. The van der Waals surface area contributed by atoms with Crippen LogP contribution in [0.4, 0.5) is 0 Å². The highest BCUT2D eigenvalue weighted by atomic mass is 16.3. The highest BCUT2D eigenvalue weighted by Crippen LogP contribution is 2.17. The lowest BCUT2D eigenvalue weighted by Gasteiger charge is -2.21. The van der Waals surface area contributed by atoms with Crippen molar-refractivity contribution in [3.8, 4) is 5.75 Å². The van der Waals surface area contributed by atoms with Crippen LogP contribution in [0.15, 0.2) is 54.6 Å². The monoisotopic (exact) mass is 310 g/mol. The topological polar surface area (TPSA) is 52.6 Å². The van der Waals surface area contributed by atoms with Gasteiger partial charge in [-0.3, -0.25) is 9.69 Å². The van der Waals surface area contributed by atoms with Crippen LogP contribution >= 0.6 is 0 Å². The number of nitrogens with one attached hydrogen (secondary N) is 1. The number of carbonyl (C=O) groups excluding carboxylic acids is 1. The number of carbonyl (C=O) groups is 1. The molecule has 1 saturated heterocycles. The molecular formula is C19H22N2O2. The van der Waals surface area contributed by atoms with Gasteiger partial charge in [0, 0.05) is 6.54 Å². The van der Waals surface area contributed by atoms with Crippen LogP contribution in [0.25, 0.3) is 0 Å². The zero-order chi connectivity index (χ0) is 16.1. The average Bonchev–Trinajstić information content (AvgIpc) is 2.91. The summed E-state index contributed by atoms with van der Waals surface area (Å²) in [4.78, 5) is 14.3. The second kappa shape index (κ2) is 7.29. The lowest BCUT2D eigenvalue weighted by Crippen LogP contribution is -2.36. The van der Waals surface area contributed by atoms with Crippen LogP contribution in [0.2, 0.25) is 0 Å². The van der Waals surface area contributed by atoms with E-state index in [4.69, 9.17) is 0 Å². The molecule has 4 heteroatoms. The number of hydrogen-bond acceptors (Lipinski definition) is 3. The third kappa shape index (κ3) is 4.11. The normalized spacial score (nSPS) is 18.1. The van der Waals surface area contributed by atoms with E-state index in [1.54, 1.807) is 12.1 Å².